The fourth-order valence-corrected chi connectivity index (χ4v) is 3.27. The highest BCUT2D eigenvalue weighted by Crippen LogP contribution is 2.26. The molecule has 0 radical (unpaired) electrons. The van der Waals surface area contributed by atoms with Gasteiger partial charge < -0.3 is 5.73 Å². The van der Waals surface area contributed by atoms with Gasteiger partial charge in [0, 0.05) is 24.3 Å². The van der Waals surface area contributed by atoms with Crippen LogP contribution in [0.3, 0.4) is 0 Å². The molecule has 1 heterocycles. The fraction of sp³-hybridized carbons (Fsp3) is 0.800. The third kappa shape index (κ3) is 2.77. The summed E-state index contributed by atoms with van der Waals surface area (Å²) >= 11 is 0. The van der Waals surface area contributed by atoms with E-state index in [4.69, 9.17) is 10.8 Å². The van der Waals surface area contributed by atoms with Gasteiger partial charge in [0.15, 0.2) is 0 Å². The second-order valence-electron chi connectivity index (χ2n) is 5.47. The Balaban J connectivity index is 2.17. The number of nitrogens with zero attached hydrogens (tertiary/aromatic N) is 2. The molecular weight excluding hydrogens is 222 g/mol. The molecule has 0 aliphatic heterocycles. The normalized spacial score (nSPS) is 17.3. The van der Waals surface area contributed by atoms with Crippen LogP contribution in [0, 0.1) is 5.92 Å². The van der Waals surface area contributed by atoms with Crippen molar-refractivity contribution >= 4 is 0 Å². The highest BCUT2D eigenvalue weighted by Gasteiger charge is 2.19. The molecule has 1 aromatic rings. The van der Waals surface area contributed by atoms with Crippen molar-refractivity contribution < 1.29 is 0 Å². The summed E-state index contributed by atoms with van der Waals surface area (Å²) in [5.41, 5.74) is 9.79. The van der Waals surface area contributed by atoms with E-state index in [-0.39, 0.29) is 0 Å². The minimum atomic E-state index is 0.636. The van der Waals surface area contributed by atoms with Crippen LogP contribution in [0.4, 0.5) is 0 Å². The van der Waals surface area contributed by atoms with Gasteiger partial charge in [-0.1, -0.05) is 33.1 Å². The first-order valence-electron chi connectivity index (χ1n) is 7.57. The van der Waals surface area contributed by atoms with Crippen molar-refractivity contribution in [2.45, 2.75) is 71.9 Å². The lowest BCUT2D eigenvalue weighted by atomic mass is 9.89. The van der Waals surface area contributed by atoms with Gasteiger partial charge in [-0.15, -0.1) is 0 Å². The highest BCUT2D eigenvalue weighted by molar-refractivity contribution is 5.26. The zero-order valence-corrected chi connectivity index (χ0v) is 11.9. The van der Waals surface area contributed by atoms with Gasteiger partial charge in [-0.05, 0) is 31.6 Å². The zero-order valence-electron chi connectivity index (χ0n) is 11.9. The summed E-state index contributed by atoms with van der Waals surface area (Å²) < 4.78 is 2.26. The number of aromatic nitrogens is 2. The van der Waals surface area contributed by atoms with Crippen molar-refractivity contribution in [3.63, 3.8) is 0 Å². The van der Waals surface area contributed by atoms with Crippen LogP contribution in [-0.2, 0) is 25.9 Å². The molecule has 102 valence electrons. The van der Waals surface area contributed by atoms with Gasteiger partial charge in [-0.25, -0.2) is 0 Å². The van der Waals surface area contributed by atoms with Gasteiger partial charge in [-0.3, -0.25) is 4.68 Å². The molecule has 0 saturated heterocycles. The number of hydrogen-bond acceptors (Lipinski definition) is 2. The van der Waals surface area contributed by atoms with Gasteiger partial charge in [0.25, 0.3) is 0 Å². The van der Waals surface area contributed by atoms with Crippen LogP contribution in [0.5, 0.6) is 0 Å². The summed E-state index contributed by atoms with van der Waals surface area (Å²) in [6.45, 7) is 6.13. The summed E-state index contributed by atoms with van der Waals surface area (Å²) in [5.74, 6) is 0.833. The molecule has 18 heavy (non-hydrogen) atoms. The van der Waals surface area contributed by atoms with E-state index >= 15 is 0 Å². The fourth-order valence-electron chi connectivity index (χ4n) is 3.27. The van der Waals surface area contributed by atoms with Crippen LogP contribution in [0.25, 0.3) is 0 Å². The van der Waals surface area contributed by atoms with Crippen molar-refractivity contribution in [3.05, 3.63) is 17.0 Å². The molecule has 2 rings (SSSR count). The lowest BCUT2D eigenvalue weighted by Crippen LogP contribution is -2.17. The smallest absolute Gasteiger partial charge is 0.0669 e. The minimum absolute atomic E-state index is 0.636. The van der Waals surface area contributed by atoms with Crippen LogP contribution in [0.2, 0.25) is 0 Å². The Morgan fingerprint density at radius 3 is 2.44 bits per heavy atom. The number of rotatable bonds is 5. The first-order valence-corrected chi connectivity index (χ1v) is 7.57. The summed E-state index contributed by atoms with van der Waals surface area (Å²) in [6, 6.07) is 0. The molecule has 0 unspecified atom stereocenters. The Hall–Kier alpha value is -0.830. The van der Waals surface area contributed by atoms with Gasteiger partial charge in [0.2, 0.25) is 0 Å². The Morgan fingerprint density at radius 1 is 1.17 bits per heavy atom. The molecule has 1 saturated carbocycles. The van der Waals surface area contributed by atoms with Crippen LogP contribution in [0.15, 0.2) is 0 Å². The van der Waals surface area contributed by atoms with Gasteiger partial charge in [0.05, 0.1) is 5.69 Å². The SMILES string of the molecule is CCc1nn(CC2CCCCC2)c(CC)c1CN. The first-order chi connectivity index (χ1) is 8.80. The van der Waals surface area contributed by atoms with E-state index in [1.807, 2.05) is 0 Å². The van der Waals surface area contributed by atoms with Crippen LogP contribution < -0.4 is 5.73 Å². The summed E-state index contributed by atoms with van der Waals surface area (Å²) in [4.78, 5) is 0. The largest absolute Gasteiger partial charge is 0.326 e. The molecule has 3 nitrogen and oxygen atoms in total. The van der Waals surface area contributed by atoms with Crippen molar-refractivity contribution in [2.75, 3.05) is 0 Å². The molecular formula is C15H27N3. The van der Waals surface area contributed by atoms with Gasteiger partial charge in [0.1, 0.15) is 0 Å². The molecule has 1 aliphatic carbocycles. The summed E-state index contributed by atoms with van der Waals surface area (Å²) in [6.07, 6.45) is 9.02. The van der Waals surface area contributed by atoms with E-state index in [9.17, 15) is 0 Å². The minimum Gasteiger partial charge on any atom is -0.326 e. The number of hydrogen-bond donors (Lipinski definition) is 1. The predicted molar refractivity (Wildman–Crippen MR) is 75.4 cm³/mol. The summed E-state index contributed by atoms with van der Waals surface area (Å²) in [5, 5.41) is 4.80. The third-order valence-electron chi connectivity index (χ3n) is 4.28. The van der Waals surface area contributed by atoms with E-state index in [0.29, 0.717) is 6.54 Å². The Morgan fingerprint density at radius 2 is 1.89 bits per heavy atom. The standard InChI is InChI=1S/C15H27N3/c1-3-14-13(10-16)15(4-2)18(17-14)11-12-8-6-5-7-9-12/h12H,3-11,16H2,1-2H3. The van der Waals surface area contributed by atoms with Crippen molar-refractivity contribution in [3.8, 4) is 0 Å². The Kier molecular flexibility index (Phi) is 4.81. The first kappa shape index (κ1) is 13.6. The van der Waals surface area contributed by atoms with Crippen LogP contribution >= 0.6 is 0 Å². The average Bonchev–Trinajstić information content (AvgIpc) is 2.76. The van der Waals surface area contributed by atoms with Crippen molar-refractivity contribution in [1.29, 1.82) is 0 Å². The number of aryl methyl sites for hydroxylation is 1. The van der Waals surface area contributed by atoms with E-state index in [1.54, 1.807) is 0 Å². The molecule has 1 fully saturated rings. The monoisotopic (exact) mass is 249 g/mol. The molecule has 0 atom stereocenters. The van der Waals surface area contributed by atoms with Crippen molar-refractivity contribution in [1.82, 2.24) is 9.78 Å². The predicted octanol–water partition coefficient (Wildman–Crippen LogP) is 3.05. The van der Waals surface area contributed by atoms with E-state index < -0.39 is 0 Å². The molecule has 1 aliphatic rings. The zero-order chi connectivity index (χ0) is 13.0. The lowest BCUT2D eigenvalue weighted by molar-refractivity contribution is 0.304. The molecule has 2 N–H and O–H groups in total. The second-order valence-corrected chi connectivity index (χ2v) is 5.47. The summed E-state index contributed by atoms with van der Waals surface area (Å²) in [7, 11) is 0. The molecule has 0 aromatic carbocycles. The van der Waals surface area contributed by atoms with Crippen molar-refractivity contribution in [2.24, 2.45) is 11.7 Å². The van der Waals surface area contributed by atoms with Crippen LogP contribution in [0.1, 0.15) is 62.9 Å². The Labute approximate surface area is 111 Å². The van der Waals surface area contributed by atoms with E-state index in [1.165, 1.54) is 49.1 Å². The molecule has 0 spiro atoms. The maximum Gasteiger partial charge on any atom is 0.0669 e. The quantitative estimate of drug-likeness (QED) is 0.871. The maximum absolute atomic E-state index is 5.90. The van der Waals surface area contributed by atoms with E-state index in [2.05, 4.69) is 18.5 Å². The van der Waals surface area contributed by atoms with Crippen LogP contribution in [-0.4, -0.2) is 9.78 Å². The second kappa shape index (κ2) is 6.37. The topological polar surface area (TPSA) is 43.8 Å². The molecule has 1 aromatic heterocycles. The Bertz CT molecular complexity index is 375. The maximum atomic E-state index is 5.90. The third-order valence-corrected chi connectivity index (χ3v) is 4.28. The van der Waals surface area contributed by atoms with Gasteiger partial charge >= 0.3 is 0 Å². The number of nitrogens with two attached hydrogens (primary N) is 1. The molecule has 0 amide bonds. The van der Waals surface area contributed by atoms with Gasteiger partial charge in [-0.2, -0.15) is 5.10 Å². The average molecular weight is 249 g/mol. The molecule has 3 heteroatoms. The molecule has 0 bridgehead atoms. The highest BCUT2D eigenvalue weighted by atomic mass is 15.3. The van der Waals surface area contributed by atoms with E-state index in [0.717, 1.165) is 25.3 Å². The lowest BCUT2D eigenvalue weighted by Gasteiger charge is -2.22.